The Morgan fingerprint density at radius 2 is 1.90 bits per heavy atom. The molecular weight excluding hydrogens is 256 g/mol. The predicted molar refractivity (Wildman–Crippen MR) is 92.0 cm³/mol. The van der Waals surface area contributed by atoms with Crippen LogP contribution in [-0.2, 0) is 0 Å². The maximum atomic E-state index is 3.51. The Morgan fingerprint density at radius 3 is 2.71 bits per heavy atom. The van der Waals surface area contributed by atoms with Gasteiger partial charge in [-0.2, -0.15) is 0 Å². The molecule has 1 N–H and O–H groups in total. The molecule has 2 heteroatoms. The average molecular weight is 282 g/mol. The van der Waals surface area contributed by atoms with E-state index in [2.05, 4.69) is 66.7 Å². The molecule has 0 spiro atoms. The topological polar surface area (TPSA) is 15.3 Å². The predicted octanol–water partition coefficient (Wildman–Crippen LogP) is 4.05. The van der Waals surface area contributed by atoms with Crippen molar-refractivity contribution >= 4 is 16.5 Å². The fraction of sp³-hybridized carbons (Fsp3) is 0.474. The number of rotatable bonds is 5. The third kappa shape index (κ3) is 2.91. The Morgan fingerprint density at radius 1 is 1.10 bits per heavy atom. The maximum absolute atomic E-state index is 3.51. The number of hydrogen-bond donors (Lipinski definition) is 1. The van der Waals surface area contributed by atoms with Gasteiger partial charge in [0.05, 0.1) is 0 Å². The Hall–Kier alpha value is -1.54. The summed E-state index contributed by atoms with van der Waals surface area (Å²) < 4.78 is 0. The fourth-order valence-corrected chi connectivity index (χ4v) is 3.80. The van der Waals surface area contributed by atoms with Crippen LogP contribution in [0.2, 0.25) is 0 Å². The van der Waals surface area contributed by atoms with Gasteiger partial charge in [-0.15, -0.1) is 0 Å². The highest BCUT2D eigenvalue weighted by Crippen LogP contribution is 2.31. The molecule has 2 nitrogen and oxygen atoms in total. The number of nitrogens with zero attached hydrogens (tertiary/aromatic N) is 1. The summed E-state index contributed by atoms with van der Waals surface area (Å²) in [6.07, 6.45) is 4.05. The Kier molecular flexibility index (Phi) is 4.45. The lowest BCUT2D eigenvalue weighted by Crippen LogP contribution is -2.38. The quantitative estimate of drug-likeness (QED) is 0.890. The van der Waals surface area contributed by atoms with Crippen LogP contribution in [0, 0.1) is 5.92 Å². The zero-order chi connectivity index (χ0) is 14.7. The Bertz CT molecular complexity index is 588. The molecule has 112 valence electrons. The van der Waals surface area contributed by atoms with Gasteiger partial charge in [-0.3, -0.25) is 0 Å². The smallest absolute Gasteiger partial charge is 0.0445 e. The van der Waals surface area contributed by atoms with E-state index in [9.17, 15) is 0 Å². The third-order valence-electron chi connectivity index (χ3n) is 4.97. The maximum Gasteiger partial charge on any atom is 0.0445 e. The molecule has 1 aliphatic carbocycles. The van der Waals surface area contributed by atoms with Gasteiger partial charge >= 0.3 is 0 Å². The van der Waals surface area contributed by atoms with E-state index in [4.69, 9.17) is 0 Å². The van der Waals surface area contributed by atoms with Gasteiger partial charge in [0.1, 0.15) is 0 Å². The number of fused-ring (bicyclic) bond motifs is 1. The molecule has 1 fully saturated rings. The Labute approximate surface area is 128 Å². The van der Waals surface area contributed by atoms with Crippen LogP contribution in [0.4, 0.5) is 5.69 Å². The minimum absolute atomic E-state index is 0.689. The zero-order valence-corrected chi connectivity index (χ0v) is 13.2. The average Bonchev–Trinajstić information content (AvgIpc) is 2.99. The molecule has 0 aliphatic heterocycles. The van der Waals surface area contributed by atoms with Crippen LogP contribution in [0.15, 0.2) is 42.5 Å². The number of hydrogen-bond acceptors (Lipinski definition) is 2. The van der Waals surface area contributed by atoms with Crippen LogP contribution in [0.1, 0.15) is 26.2 Å². The monoisotopic (exact) mass is 282 g/mol. The van der Waals surface area contributed by atoms with E-state index in [0.717, 1.165) is 19.0 Å². The molecule has 2 aromatic rings. The second-order valence-electron chi connectivity index (χ2n) is 6.12. The largest absolute Gasteiger partial charge is 0.371 e. The first-order valence-corrected chi connectivity index (χ1v) is 8.23. The van der Waals surface area contributed by atoms with Crippen molar-refractivity contribution in [2.24, 2.45) is 5.92 Å². The molecule has 0 amide bonds. The fourth-order valence-electron chi connectivity index (χ4n) is 3.80. The summed E-state index contributed by atoms with van der Waals surface area (Å²) >= 11 is 0. The molecule has 0 radical (unpaired) electrons. The second-order valence-corrected chi connectivity index (χ2v) is 6.12. The highest BCUT2D eigenvalue weighted by Gasteiger charge is 2.27. The second kappa shape index (κ2) is 6.48. The lowest BCUT2D eigenvalue weighted by molar-refractivity contribution is 0.424. The molecule has 1 saturated carbocycles. The van der Waals surface area contributed by atoms with Crippen LogP contribution in [0.25, 0.3) is 10.8 Å². The van der Waals surface area contributed by atoms with Crippen molar-refractivity contribution in [3.63, 3.8) is 0 Å². The van der Waals surface area contributed by atoms with Gasteiger partial charge in [0, 0.05) is 30.2 Å². The van der Waals surface area contributed by atoms with Crippen LogP contribution in [0.3, 0.4) is 0 Å². The van der Waals surface area contributed by atoms with Gasteiger partial charge in [0.15, 0.2) is 0 Å². The van der Waals surface area contributed by atoms with E-state index in [1.807, 2.05) is 0 Å². The third-order valence-corrected chi connectivity index (χ3v) is 4.97. The lowest BCUT2D eigenvalue weighted by Gasteiger charge is -2.30. The minimum Gasteiger partial charge on any atom is -0.371 e. The first kappa shape index (κ1) is 14.4. The van der Waals surface area contributed by atoms with Crippen molar-refractivity contribution < 1.29 is 0 Å². The lowest BCUT2D eigenvalue weighted by atomic mass is 10.0. The summed E-state index contributed by atoms with van der Waals surface area (Å²) in [7, 11) is 2.11. The molecule has 0 aromatic heterocycles. The molecule has 0 heterocycles. The van der Waals surface area contributed by atoms with Crippen LogP contribution >= 0.6 is 0 Å². The molecule has 0 bridgehead atoms. The minimum atomic E-state index is 0.689. The van der Waals surface area contributed by atoms with Gasteiger partial charge in [0.2, 0.25) is 0 Å². The molecule has 3 rings (SSSR count). The summed E-state index contributed by atoms with van der Waals surface area (Å²) in [5.41, 5.74) is 1.39. The molecule has 0 saturated heterocycles. The highest BCUT2D eigenvalue weighted by molar-refractivity contribution is 5.94. The van der Waals surface area contributed by atoms with Gasteiger partial charge in [-0.25, -0.2) is 0 Å². The van der Waals surface area contributed by atoms with Crippen LogP contribution in [-0.4, -0.2) is 26.2 Å². The van der Waals surface area contributed by atoms with E-state index in [0.29, 0.717) is 6.04 Å². The van der Waals surface area contributed by atoms with Crippen molar-refractivity contribution in [3.05, 3.63) is 42.5 Å². The normalized spacial score (nSPS) is 21.8. The highest BCUT2D eigenvalue weighted by atomic mass is 15.1. The SMILES string of the molecule is CCN(CC1CCCC1NC)c1cccc2ccccc12. The van der Waals surface area contributed by atoms with E-state index >= 15 is 0 Å². The molecule has 2 atom stereocenters. The van der Waals surface area contributed by atoms with Crippen LogP contribution < -0.4 is 10.2 Å². The van der Waals surface area contributed by atoms with E-state index in [1.165, 1.54) is 35.7 Å². The van der Waals surface area contributed by atoms with Crippen molar-refractivity contribution in [1.82, 2.24) is 5.32 Å². The standard InChI is InChI=1S/C19H26N2/c1-3-21(14-16-10-6-12-18(16)20-2)19-13-7-9-15-8-4-5-11-17(15)19/h4-5,7-9,11,13,16,18,20H,3,6,10,12,14H2,1-2H3. The first-order valence-electron chi connectivity index (χ1n) is 8.23. The van der Waals surface area contributed by atoms with Crippen LogP contribution in [0.5, 0.6) is 0 Å². The summed E-state index contributed by atoms with van der Waals surface area (Å²) in [5, 5.41) is 6.22. The summed E-state index contributed by atoms with van der Waals surface area (Å²) in [5.74, 6) is 0.772. The van der Waals surface area contributed by atoms with Crippen molar-refractivity contribution in [3.8, 4) is 0 Å². The summed E-state index contributed by atoms with van der Waals surface area (Å²) in [4.78, 5) is 2.56. The Balaban J connectivity index is 1.88. The van der Waals surface area contributed by atoms with Gasteiger partial charge < -0.3 is 10.2 Å². The zero-order valence-electron chi connectivity index (χ0n) is 13.2. The van der Waals surface area contributed by atoms with Crippen molar-refractivity contribution in [2.75, 3.05) is 25.0 Å². The van der Waals surface area contributed by atoms with Gasteiger partial charge in [-0.05, 0) is 44.2 Å². The van der Waals surface area contributed by atoms with E-state index in [-0.39, 0.29) is 0 Å². The van der Waals surface area contributed by atoms with Gasteiger partial charge in [0.25, 0.3) is 0 Å². The molecule has 2 unspecified atom stereocenters. The number of benzene rings is 2. The molecule has 21 heavy (non-hydrogen) atoms. The molecule has 1 aliphatic rings. The van der Waals surface area contributed by atoms with Crippen molar-refractivity contribution in [1.29, 1.82) is 0 Å². The summed E-state index contributed by atoms with van der Waals surface area (Å²) in [6.45, 7) is 4.50. The van der Waals surface area contributed by atoms with E-state index < -0.39 is 0 Å². The number of anilines is 1. The van der Waals surface area contributed by atoms with Gasteiger partial charge in [-0.1, -0.05) is 42.8 Å². The molecule has 2 aromatic carbocycles. The van der Waals surface area contributed by atoms with E-state index in [1.54, 1.807) is 0 Å². The summed E-state index contributed by atoms with van der Waals surface area (Å²) in [6, 6.07) is 16.1. The molecular formula is C19H26N2. The first-order chi connectivity index (χ1) is 10.3. The number of nitrogens with one attached hydrogen (secondary N) is 1. The van der Waals surface area contributed by atoms with Crippen molar-refractivity contribution in [2.45, 2.75) is 32.2 Å².